The fourth-order valence-electron chi connectivity index (χ4n) is 8.51. The molecular weight excluding hydrogens is 837 g/mol. The van der Waals surface area contributed by atoms with Crippen LogP contribution in [0.3, 0.4) is 0 Å². The van der Waals surface area contributed by atoms with E-state index in [9.17, 15) is 9.59 Å². The zero-order valence-electron chi connectivity index (χ0n) is 40.2. The molecule has 4 N–H and O–H groups in total. The molecule has 0 aliphatic carbocycles. The summed E-state index contributed by atoms with van der Waals surface area (Å²) in [5, 5.41) is 0. The van der Waals surface area contributed by atoms with E-state index in [1.54, 1.807) is 9.80 Å². The molecule has 0 spiro atoms. The van der Waals surface area contributed by atoms with E-state index in [0.717, 1.165) is 90.7 Å². The third kappa shape index (κ3) is 10.1. The number of carbonyl (C=O) groups excluding carboxylic acids is 2. The minimum absolute atomic E-state index is 0.420. The number of carbonyl (C=O) groups is 2. The van der Waals surface area contributed by atoms with Gasteiger partial charge in [0.2, 0.25) is 33.4 Å². The number of rotatable bonds is 11. The van der Waals surface area contributed by atoms with E-state index >= 15 is 0 Å². The first kappa shape index (κ1) is 46.2. The Morgan fingerprint density at radius 2 is 0.925 bits per heavy atom. The normalized spacial score (nSPS) is 12.0. The first-order valence-corrected chi connectivity index (χ1v) is 23.1. The van der Waals surface area contributed by atoms with Crippen molar-refractivity contribution in [1.29, 1.82) is 0 Å². The predicted molar refractivity (Wildman–Crippen MR) is 270 cm³/mol. The van der Waals surface area contributed by atoms with Crippen molar-refractivity contribution in [2.24, 2.45) is 0 Å². The van der Waals surface area contributed by atoms with Gasteiger partial charge in [0.05, 0.1) is 11.4 Å². The largest absolute Gasteiger partial charge is 0.443 e. The average molecular weight is 899 g/mol. The van der Waals surface area contributed by atoms with Crippen molar-refractivity contribution in [1.82, 2.24) is 9.97 Å². The molecule has 0 aliphatic rings. The number of aromatic nitrogens is 4. The minimum Gasteiger partial charge on any atom is -0.443 e. The van der Waals surface area contributed by atoms with E-state index in [0.29, 0.717) is 43.0 Å². The molecule has 0 fully saturated rings. The molecule has 0 saturated heterocycles. The number of benzene rings is 6. The van der Waals surface area contributed by atoms with Crippen LogP contribution in [0.5, 0.6) is 0 Å². The molecule has 344 valence electrons. The fourth-order valence-corrected chi connectivity index (χ4v) is 8.51. The van der Waals surface area contributed by atoms with Gasteiger partial charge in [0, 0.05) is 73.0 Å². The van der Waals surface area contributed by atoms with Gasteiger partial charge in [0.1, 0.15) is 33.3 Å². The van der Waals surface area contributed by atoms with Gasteiger partial charge in [-0.05, 0) is 122 Å². The Bertz CT molecular complexity index is 3160. The molecule has 8 rings (SSSR count). The molecule has 0 unspecified atom stereocenters. The monoisotopic (exact) mass is 898 g/mol. The van der Waals surface area contributed by atoms with E-state index < -0.39 is 23.4 Å². The van der Waals surface area contributed by atoms with Crippen LogP contribution in [0.15, 0.2) is 115 Å². The highest BCUT2D eigenvalue weighted by atomic mass is 16.6. The number of nitrogen functional groups attached to an aromatic ring is 2. The average Bonchev–Trinajstić information content (AvgIpc) is 3.26. The Kier molecular flexibility index (Phi) is 12.8. The summed E-state index contributed by atoms with van der Waals surface area (Å²) >= 11 is 0. The number of fused-ring (bicyclic) bond motifs is 4. The van der Waals surface area contributed by atoms with Crippen LogP contribution in [0.1, 0.15) is 83.9 Å². The van der Waals surface area contributed by atoms with E-state index in [4.69, 9.17) is 30.9 Å². The number of hydrogen-bond acceptors (Lipinski definition) is 8. The summed E-state index contributed by atoms with van der Waals surface area (Å²) in [4.78, 5) is 41.8. The SMILES string of the molecule is Cc1cc2nc3ccc(N(CCCCCCN(C(=O)OC(C)(C)C)c4cc5c(cc4C)nc4cc(C)c(N)cc4[n+]5-c4ccccc4)C(=O)OC(C)(C)C)cc3[n+](-c3ccccc3)c2cc1N. The lowest BCUT2D eigenvalue weighted by Crippen LogP contribution is -2.39. The van der Waals surface area contributed by atoms with Crippen LogP contribution >= 0.6 is 0 Å². The van der Waals surface area contributed by atoms with Gasteiger partial charge in [-0.15, -0.1) is 9.13 Å². The van der Waals surface area contributed by atoms with E-state index in [2.05, 4.69) is 33.4 Å². The van der Waals surface area contributed by atoms with E-state index in [-0.39, 0.29) is 0 Å². The molecule has 6 aromatic carbocycles. The van der Waals surface area contributed by atoms with Crippen LogP contribution in [0, 0.1) is 20.8 Å². The van der Waals surface area contributed by atoms with E-state index in [1.807, 2.05) is 153 Å². The summed E-state index contributed by atoms with van der Waals surface area (Å²) in [5.74, 6) is 0. The van der Waals surface area contributed by atoms with Gasteiger partial charge in [0.25, 0.3) is 0 Å². The molecule has 8 aromatic rings. The highest BCUT2D eigenvalue weighted by molar-refractivity contribution is 5.94. The number of hydrogen-bond donors (Lipinski definition) is 2. The van der Waals surface area contributed by atoms with Crippen molar-refractivity contribution in [2.75, 3.05) is 34.4 Å². The molecule has 0 saturated carbocycles. The highest BCUT2D eigenvalue weighted by Gasteiger charge is 2.30. The summed E-state index contributed by atoms with van der Waals surface area (Å²) in [6, 6.07) is 38.2. The van der Waals surface area contributed by atoms with Crippen LogP contribution in [-0.2, 0) is 9.47 Å². The second kappa shape index (κ2) is 18.5. The standard InChI is InChI=1S/C55H60N8O4/c1-35-28-44-49(32-41(35)56)62(38-20-14-12-15-21-38)48-31-40(24-25-43(48)58-44)60(52(64)66-54(4,5)6)26-18-10-11-19-27-61(53(65)67-55(7,8)9)47-34-51-46(30-37(47)3)59-45-29-36(2)42(57)33-50(45)63(51)39-22-16-13-17-23-39/h12-17,20-25,28-34,56-57H,10-11,18-19,26-27H2,1-9H3/p+2. The lowest BCUT2D eigenvalue weighted by molar-refractivity contribution is -0.538. The van der Waals surface area contributed by atoms with Gasteiger partial charge in [-0.2, -0.15) is 0 Å². The maximum atomic E-state index is 14.2. The number of unbranched alkanes of at least 4 members (excludes halogenated alkanes) is 3. The second-order valence-corrected chi connectivity index (χ2v) is 19.4. The smallest absolute Gasteiger partial charge is 0.414 e. The topological polar surface area (TPSA) is 145 Å². The zero-order valence-corrected chi connectivity index (χ0v) is 40.2. The Hall–Kier alpha value is -7.34. The van der Waals surface area contributed by atoms with Crippen LogP contribution in [0.2, 0.25) is 0 Å². The third-order valence-electron chi connectivity index (χ3n) is 11.8. The first-order valence-electron chi connectivity index (χ1n) is 23.1. The zero-order chi connectivity index (χ0) is 47.8. The van der Waals surface area contributed by atoms with Crippen LogP contribution < -0.4 is 30.4 Å². The number of nitrogens with two attached hydrogens (primary N) is 2. The molecule has 0 radical (unpaired) electrons. The van der Waals surface area contributed by atoms with Crippen molar-refractivity contribution in [3.8, 4) is 11.4 Å². The molecule has 0 aliphatic heterocycles. The molecule has 67 heavy (non-hydrogen) atoms. The number of amides is 2. The summed E-state index contributed by atoms with van der Waals surface area (Å²) in [5.41, 5.74) is 25.7. The van der Waals surface area contributed by atoms with Gasteiger partial charge < -0.3 is 20.9 Å². The Balaban J connectivity index is 1.07. The van der Waals surface area contributed by atoms with Gasteiger partial charge in [-0.3, -0.25) is 9.80 Å². The number of nitrogens with zero attached hydrogens (tertiary/aromatic N) is 6. The van der Waals surface area contributed by atoms with Crippen LogP contribution in [0.4, 0.5) is 32.3 Å². The molecule has 12 nitrogen and oxygen atoms in total. The van der Waals surface area contributed by atoms with Gasteiger partial charge in [0.15, 0.2) is 0 Å². The Morgan fingerprint density at radius 3 is 1.42 bits per heavy atom. The van der Waals surface area contributed by atoms with Crippen molar-refractivity contribution >= 4 is 79.1 Å². The number of anilines is 4. The molecule has 0 atom stereocenters. The molecular formula is C55H62N8O4+2. The summed E-state index contributed by atoms with van der Waals surface area (Å²) < 4.78 is 16.3. The summed E-state index contributed by atoms with van der Waals surface area (Å²) in [7, 11) is 0. The fraction of sp³-hybridized carbons (Fsp3) is 0.309. The highest BCUT2D eigenvalue weighted by Crippen LogP contribution is 2.31. The summed E-state index contributed by atoms with van der Waals surface area (Å²) in [6.07, 6.45) is 2.14. The van der Waals surface area contributed by atoms with Crippen molar-refractivity contribution in [2.45, 2.75) is 99.2 Å². The Labute approximate surface area is 392 Å². The first-order chi connectivity index (χ1) is 31.8. The quantitative estimate of drug-likeness (QED) is 0.0565. The maximum Gasteiger partial charge on any atom is 0.414 e. The van der Waals surface area contributed by atoms with Crippen molar-refractivity contribution in [3.63, 3.8) is 0 Å². The number of ether oxygens (including phenoxy) is 2. The van der Waals surface area contributed by atoms with Crippen molar-refractivity contribution < 1.29 is 28.2 Å². The molecule has 2 heterocycles. The predicted octanol–water partition coefficient (Wildman–Crippen LogP) is 11.5. The van der Waals surface area contributed by atoms with Crippen LogP contribution in [0.25, 0.3) is 55.5 Å². The maximum absolute atomic E-state index is 14.2. The minimum atomic E-state index is -0.707. The molecule has 2 amide bonds. The number of aryl methyl sites for hydroxylation is 3. The molecule has 2 aromatic heterocycles. The lowest BCUT2D eigenvalue weighted by Gasteiger charge is -2.29. The van der Waals surface area contributed by atoms with Gasteiger partial charge in [-0.1, -0.05) is 49.2 Å². The van der Waals surface area contributed by atoms with Crippen molar-refractivity contribution in [3.05, 3.63) is 132 Å². The molecule has 12 heteroatoms. The summed E-state index contributed by atoms with van der Waals surface area (Å²) in [6.45, 7) is 18.1. The van der Waals surface area contributed by atoms with E-state index in [1.165, 1.54) is 0 Å². The van der Waals surface area contributed by atoms with Gasteiger partial charge in [-0.25, -0.2) is 19.6 Å². The lowest BCUT2D eigenvalue weighted by atomic mass is 10.1. The molecule has 0 bridgehead atoms. The Morgan fingerprint density at radius 1 is 0.507 bits per heavy atom. The third-order valence-corrected chi connectivity index (χ3v) is 11.8. The number of para-hydroxylation sites is 2. The van der Waals surface area contributed by atoms with Gasteiger partial charge >= 0.3 is 12.2 Å². The second-order valence-electron chi connectivity index (χ2n) is 19.4. The van der Waals surface area contributed by atoms with Crippen LogP contribution in [-0.4, -0.2) is 46.4 Å².